The zero-order chi connectivity index (χ0) is 24.1. The fourth-order valence-electron chi connectivity index (χ4n) is 4.35. The van der Waals surface area contributed by atoms with Crippen molar-refractivity contribution in [3.8, 4) is 5.75 Å². The molecule has 176 valence electrons. The van der Waals surface area contributed by atoms with E-state index in [2.05, 4.69) is 0 Å². The molecule has 0 saturated carbocycles. The molecule has 3 aromatic carbocycles. The molecule has 1 aliphatic heterocycles. The number of carbonyl (C=O) groups excluding carboxylic acids is 1. The summed E-state index contributed by atoms with van der Waals surface area (Å²) < 4.78 is 10.6. The molecule has 8 nitrogen and oxygen atoms in total. The van der Waals surface area contributed by atoms with Crippen LogP contribution >= 0.6 is 0 Å². The summed E-state index contributed by atoms with van der Waals surface area (Å²) in [5.41, 5.74) is -0.285. The molecule has 0 amide bonds. The van der Waals surface area contributed by atoms with Gasteiger partial charge >= 0.3 is 11.5 Å². The predicted molar refractivity (Wildman–Crippen MR) is 126 cm³/mol. The number of methoxy groups -OCH3 is 1. The Labute approximate surface area is 197 Å². The van der Waals surface area contributed by atoms with E-state index in [1.165, 1.54) is 5.06 Å². The van der Waals surface area contributed by atoms with Gasteiger partial charge in [-0.3, -0.25) is 15.0 Å². The van der Waals surface area contributed by atoms with Gasteiger partial charge in [0.25, 0.3) is 0 Å². The Bertz CT molecular complexity index is 1120. The van der Waals surface area contributed by atoms with Crippen LogP contribution in [0.4, 0.5) is 5.69 Å². The molecule has 8 heteroatoms. The van der Waals surface area contributed by atoms with Gasteiger partial charge in [-0.15, -0.1) is 0 Å². The molecule has 3 atom stereocenters. The largest absolute Gasteiger partial charge is 0.497 e. The summed E-state index contributed by atoms with van der Waals surface area (Å²) in [6.07, 6.45) is -0.936. The van der Waals surface area contributed by atoms with Crippen molar-refractivity contribution in [2.45, 2.75) is 31.0 Å². The highest BCUT2D eigenvalue weighted by Gasteiger charge is 2.66. The number of nitrogens with zero attached hydrogens (tertiary/aromatic N) is 2. The fourth-order valence-corrected chi connectivity index (χ4v) is 4.35. The first-order chi connectivity index (χ1) is 16.5. The van der Waals surface area contributed by atoms with Gasteiger partial charge in [0.1, 0.15) is 11.9 Å². The number of anilines is 1. The summed E-state index contributed by atoms with van der Waals surface area (Å²) in [7, 11) is 1.54. The molecule has 1 aliphatic rings. The van der Waals surface area contributed by atoms with E-state index in [1.54, 1.807) is 50.4 Å². The first-order valence-corrected chi connectivity index (χ1v) is 11.0. The van der Waals surface area contributed by atoms with Gasteiger partial charge in [-0.1, -0.05) is 60.7 Å². The monoisotopic (exact) mass is 462 g/mol. The maximum atomic E-state index is 13.5. The SMILES string of the molecule is CCOC(=O)C1([N+](=O)[O-])CC(c2ccccc2)ON(c2ccccc2)C1c1ccc(OC)cc1. The molecule has 3 unspecified atom stereocenters. The molecule has 0 aliphatic carbocycles. The molecule has 34 heavy (non-hydrogen) atoms. The maximum absolute atomic E-state index is 13.5. The number of carbonyl (C=O) groups is 1. The van der Waals surface area contributed by atoms with Crippen LogP contribution < -0.4 is 9.80 Å². The fraction of sp³-hybridized carbons (Fsp3) is 0.269. The number of hydroxylamine groups is 1. The van der Waals surface area contributed by atoms with Crippen LogP contribution in [0, 0.1) is 10.1 Å². The minimum absolute atomic E-state index is 0.0198. The number of hydrogen-bond acceptors (Lipinski definition) is 7. The van der Waals surface area contributed by atoms with Crippen molar-refractivity contribution >= 4 is 11.7 Å². The summed E-state index contributed by atoms with van der Waals surface area (Å²) in [6, 6.07) is 24.0. The molecular formula is C26H26N2O6. The number of rotatable bonds is 7. The molecule has 0 aromatic heterocycles. The van der Waals surface area contributed by atoms with Gasteiger partial charge in [-0.25, -0.2) is 9.86 Å². The van der Waals surface area contributed by atoms with Crippen LogP contribution in [0.2, 0.25) is 0 Å². The summed E-state index contributed by atoms with van der Waals surface area (Å²) in [4.78, 5) is 32.2. The van der Waals surface area contributed by atoms with E-state index in [9.17, 15) is 14.9 Å². The highest BCUT2D eigenvalue weighted by molar-refractivity contribution is 5.82. The number of esters is 1. The summed E-state index contributed by atoms with van der Waals surface area (Å²) in [5.74, 6) is -0.303. The molecule has 0 spiro atoms. The third kappa shape index (κ3) is 4.20. The van der Waals surface area contributed by atoms with Gasteiger partial charge in [-0.2, -0.15) is 0 Å². The van der Waals surface area contributed by atoms with E-state index in [0.717, 1.165) is 5.56 Å². The zero-order valence-electron chi connectivity index (χ0n) is 19.0. The van der Waals surface area contributed by atoms with Gasteiger partial charge in [0, 0.05) is 4.92 Å². The van der Waals surface area contributed by atoms with Gasteiger partial charge in [0.2, 0.25) is 0 Å². The lowest BCUT2D eigenvalue weighted by Gasteiger charge is -2.46. The van der Waals surface area contributed by atoms with Crippen molar-refractivity contribution < 1.29 is 24.0 Å². The van der Waals surface area contributed by atoms with Crippen LogP contribution in [0.25, 0.3) is 0 Å². The third-order valence-corrected chi connectivity index (χ3v) is 5.99. The Kier molecular flexibility index (Phi) is 6.79. The average Bonchev–Trinajstić information content (AvgIpc) is 2.89. The van der Waals surface area contributed by atoms with Crippen LogP contribution in [0.1, 0.15) is 36.6 Å². The smallest absolute Gasteiger partial charge is 0.387 e. The van der Waals surface area contributed by atoms with E-state index in [4.69, 9.17) is 14.3 Å². The van der Waals surface area contributed by atoms with E-state index in [1.807, 2.05) is 48.5 Å². The zero-order valence-corrected chi connectivity index (χ0v) is 19.0. The van der Waals surface area contributed by atoms with Crippen LogP contribution in [-0.4, -0.2) is 30.1 Å². The van der Waals surface area contributed by atoms with Crippen molar-refractivity contribution in [1.82, 2.24) is 0 Å². The van der Waals surface area contributed by atoms with Gasteiger partial charge in [0.05, 0.1) is 25.8 Å². The quantitative estimate of drug-likeness (QED) is 0.280. The lowest BCUT2D eigenvalue weighted by molar-refractivity contribution is -0.570. The highest BCUT2D eigenvalue weighted by Crippen LogP contribution is 2.49. The topological polar surface area (TPSA) is 91.1 Å². The van der Waals surface area contributed by atoms with E-state index in [-0.39, 0.29) is 13.0 Å². The van der Waals surface area contributed by atoms with Gasteiger partial charge < -0.3 is 9.47 Å². The van der Waals surface area contributed by atoms with Gasteiger partial charge in [-0.05, 0) is 42.3 Å². The second-order valence-corrected chi connectivity index (χ2v) is 7.95. The van der Waals surface area contributed by atoms with E-state index >= 15 is 0 Å². The van der Waals surface area contributed by atoms with Crippen LogP contribution in [0.3, 0.4) is 0 Å². The van der Waals surface area contributed by atoms with Crippen molar-refractivity contribution in [2.24, 2.45) is 0 Å². The summed E-state index contributed by atoms with van der Waals surface area (Å²) in [6.45, 7) is 1.66. The average molecular weight is 463 g/mol. The molecule has 4 rings (SSSR count). The molecule has 1 fully saturated rings. The standard InChI is InChI=1S/C26H26N2O6/c1-3-33-25(29)26(28(30)31)18-23(19-10-6-4-7-11-19)34-27(21-12-8-5-9-13-21)24(26)20-14-16-22(32-2)17-15-20/h4-17,23-24H,3,18H2,1-2H3. The minimum Gasteiger partial charge on any atom is -0.497 e. The Morgan fingerprint density at radius 3 is 2.21 bits per heavy atom. The van der Waals surface area contributed by atoms with Crippen LogP contribution in [-0.2, 0) is 14.4 Å². The molecule has 0 radical (unpaired) electrons. The lowest BCUT2D eigenvalue weighted by atomic mass is 9.78. The molecule has 0 N–H and O–H groups in total. The van der Waals surface area contributed by atoms with Crippen molar-refractivity contribution in [2.75, 3.05) is 18.8 Å². The summed E-state index contributed by atoms with van der Waals surface area (Å²) >= 11 is 0. The second kappa shape index (κ2) is 9.93. The van der Waals surface area contributed by atoms with Gasteiger partial charge in [0.15, 0.2) is 6.04 Å². The van der Waals surface area contributed by atoms with E-state index in [0.29, 0.717) is 17.0 Å². The highest BCUT2D eigenvalue weighted by atomic mass is 16.7. The van der Waals surface area contributed by atoms with Crippen molar-refractivity contribution in [3.63, 3.8) is 0 Å². The number of nitro groups is 1. The normalized spacial score (nSPS) is 22.1. The summed E-state index contributed by atoms with van der Waals surface area (Å²) in [5, 5.41) is 14.3. The maximum Gasteiger partial charge on any atom is 0.387 e. The molecular weight excluding hydrogens is 436 g/mol. The second-order valence-electron chi connectivity index (χ2n) is 7.95. The Morgan fingerprint density at radius 2 is 1.65 bits per heavy atom. The predicted octanol–water partition coefficient (Wildman–Crippen LogP) is 4.90. The molecule has 3 aromatic rings. The molecule has 0 bridgehead atoms. The Morgan fingerprint density at radius 1 is 1.03 bits per heavy atom. The number of para-hydroxylation sites is 1. The van der Waals surface area contributed by atoms with Crippen LogP contribution in [0.15, 0.2) is 84.9 Å². The molecule has 1 saturated heterocycles. The number of hydrogen-bond donors (Lipinski definition) is 0. The third-order valence-electron chi connectivity index (χ3n) is 5.99. The first kappa shape index (κ1) is 23.3. The first-order valence-electron chi connectivity index (χ1n) is 11.0. The Balaban J connectivity index is 1.94. The van der Waals surface area contributed by atoms with E-state index < -0.39 is 28.6 Å². The number of ether oxygens (including phenoxy) is 2. The number of benzene rings is 3. The lowest BCUT2D eigenvalue weighted by Crippen LogP contribution is -2.61. The van der Waals surface area contributed by atoms with Crippen molar-refractivity contribution in [3.05, 3.63) is 106 Å². The molecule has 1 heterocycles. The van der Waals surface area contributed by atoms with Crippen LogP contribution in [0.5, 0.6) is 5.75 Å². The van der Waals surface area contributed by atoms with Crippen molar-refractivity contribution in [1.29, 1.82) is 0 Å². The Hall–Kier alpha value is -3.91. The minimum atomic E-state index is -2.13.